The molecule has 0 radical (unpaired) electrons. The molecule has 0 aromatic carbocycles. The molecule has 0 aliphatic carbocycles. The van der Waals surface area contributed by atoms with Crippen LogP contribution in [-0.2, 0) is 12.0 Å². The first-order valence-corrected chi connectivity index (χ1v) is 5.88. The number of aromatic nitrogens is 4. The highest BCUT2D eigenvalue weighted by molar-refractivity contribution is 7.07. The van der Waals surface area contributed by atoms with E-state index in [9.17, 15) is 0 Å². The molecule has 0 saturated carbocycles. The van der Waals surface area contributed by atoms with Gasteiger partial charge in [-0.1, -0.05) is 6.92 Å². The first-order valence-electron chi connectivity index (χ1n) is 4.94. The molecule has 0 atom stereocenters. The molecule has 2 aromatic rings. The van der Waals surface area contributed by atoms with Gasteiger partial charge in [0.05, 0.1) is 11.2 Å². The number of hydrogen-bond donors (Lipinski definition) is 0. The molecule has 0 saturated heterocycles. The number of thiazole rings is 1. The van der Waals surface area contributed by atoms with E-state index < -0.39 is 0 Å². The van der Waals surface area contributed by atoms with E-state index in [0.29, 0.717) is 0 Å². The van der Waals surface area contributed by atoms with Gasteiger partial charge in [-0.05, 0) is 13.8 Å². The van der Waals surface area contributed by atoms with Crippen molar-refractivity contribution in [2.45, 2.75) is 32.7 Å². The molecule has 0 N–H and O–H groups in total. The van der Waals surface area contributed by atoms with Gasteiger partial charge < -0.3 is 0 Å². The monoisotopic (exact) mass is 222 g/mol. The first kappa shape index (κ1) is 10.3. The van der Waals surface area contributed by atoms with Gasteiger partial charge in [0.15, 0.2) is 0 Å². The van der Waals surface area contributed by atoms with E-state index in [-0.39, 0.29) is 5.54 Å². The molecule has 2 aromatic heterocycles. The fourth-order valence-corrected chi connectivity index (χ4v) is 2.07. The number of hydrogen-bond acceptors (Lipinski definition) is 4. The Morgan fingerprint density at radius 3 is 2.73 bits per heavy atom. The standard InChI is InChI=1S/C10H14N4S/c1-4-9-11-6-14(13-9)10(2,3)8-5-15-7-12-8/h5-7H,4H2,1-3H3. The van der Waals surface area contributed by atoms with Crippen LogP contribution in [0, 0.1) is 0 Å². The molecular weight excluding hydrogens is 208 g/mol. The summed E-state index contributed by atoms with van der Waals surface area (Å²) in [5.74, 6) is 0.873. The summed E-state index contributed by atoms with van der Waals surface area (Å²) in [6, 6.07) is 0. The number of nitrogens with zero attached hydrogens (tertiary/aromatic N) is 4. The van der Waals surface area contributed by atoms with Crippen molar-refractivity contribution in [3.8, 4) is 0 Å². The van der Waals surface area contributed by atoms with E-state index in [1.807, 2.05) is 15.6 Å². The van der Waals surface area contributed by atoms with E-state index >= 15 is 0 Å². The third-order valence-electron chi connectivity index (χ3n) is 2.49. The summed E-state index contributed by atoms with van der Waals surface area (Å²) in [5.41, 5.74) is 2.65. The molecule has 80 valence electrons. The highest BCUT2D eigenvalue weighted by atomic mass is 32.1. The molecule has 5 heteroatoms. The second-order valence-electron chi connectivity index (χ2n) is 3.89. The molecule has 0 aliphatic heterocycles. The Kier molecular flexibility index (Phi) is 2.56. The highest BCUT2D eigenvalue weighted by Crippen LogP contribution is 2.23. The Morgan fingerprint density at radius 2 is 2.20 bits per heavy atom. The second kappa shape index (κ2) is 3.73. The van der Waals surface area contributed by atoms with Crippen LogP contribution in [0.15, 0.2) is 17.2 Å². The van der Waals surface area contributed by atoms with Crippen molar-refractivity contribution in [3.63, 3.8) is 0 Å². The minimum absolute atomic E-state index is 0.222. The Bertz CT molecular complexity index is 430. The van der Waals surface area contributed by atoms with Crippen molar-refractivity contribution in [2.24, 2.45) is 0 Å². The second-order valence-corrected chi connectivity index (χ2v) is 4.61. The van der Waals surface area contributed by atoms with Crippen molar-refractivity contribution in [3.05, 3.63) is 28.7 Å². The molecule has 4 nitrogen and oxygen atoms in total. The Morgan fingerprint density at radius 1 is 1.40 bits per heavy atom. The van der Waals surface area contributed by atoms with E-state index in [4.69, 9.17) is 0 Å². The maximum absolute atomic E-state index is 4.43. The van der Waals surface area contributed by atoms with Crippen LogP contribution in [0.25, 0.3) is 0 Å². The van der Waals surface area contributed by atoms with Crippen molar-refractivity contribution in [1.82, 2.24) is 19.7 Å². The Labute approximate surface area is 93.0 Å². The lowest BCUT2D eigenvalue weighted by Crippen LogP contribution is -2.28. The van der Waals surface area contributed by atoms with Gasteiger partial charge in [-0.25, -0.2) is 14.6 Å². The average Bonchev–Trinajstić information content (AvgIpc) is 2.89. The number of aryl methyl sites for hydroxylation is 1. The SMILES string of the molecule is CCc1ncn(C(C)(C)c2cscn2)n1. The van der Waals surface area contributed by atoms with Crippen LogP contribution in [-0.4, -0.2) is 19.7 Å². The van der Waals surface area contributed by atoms with Gasteiger partial charge in [0, 0.05) is 11.8 Å². The quantitative estimate of drug-likeness (QED) is 0.798. The van der Waals surface area contributed by atoms with Crippen LogP contribution in [0.5, 0.6) is 0 Å². The largest absolute Gasteiger partial charge is 0.247 e. The molecule has 0 amide bonds. The van der Waals surface area contributed by atoms with Crippen LogP contribution in [0.4, 0.5) is 0 Å². The smallest absolute Gasteiger partial charge is 0.150 e. The Hall–Kier alpha value is -1.23. The van der Waals surface area contributed by atoms with Gasteiger partial charge in [-0.15, -0.1) is 11.3 Å². The van der Waals surface area contributed by atoms with Crippen LogP contribution in [0.1, 0.15) is 32.3 Å². The lowest BCUT2D eigenvalue weighted by atomic mass is 10.0. The fraction of sp³-hybridized carbons (Fsp3) is 0.500. The lowest BCUT2D eigenvalue weighted by Gasteiger charge is -2.22. The van der Waals surface area contributed by atoms with Gasteiger partial charge in [0.2, 0.25) is 0 Å². The summed E-state index contributed by atoms with van der Waals surface area (Å²) < 4.78 is 1.88. The minimum atomic E-state index is -0.222. The highest BCUT2D eigenvalue weighted by Gasteiger charge is 2.26. The summed E-state index contributed by atoms with van der Waals surface area (Å²) in [6.07, 6.45) is 2.64. The van der Waals surface area contributed by atoms with Crippen LogP contribution in [0.2, 0.25) is 0 Å². The van der Waals surface area contributed by atoms with Crippen molar-refractivity contribution in [2.75, 3.05) is 0 Å². The third kappa shape index (κ3) is 1.79. The van der Waals surface area contributed by atoms with Crippen LogP contribution < -0.4 is 0 Å². The zero-order valence-electron chi connectivity index (χ0n) is 9.14. The molecule has 0 aliphatic rings. The van der Waals surface area contributed by atoms with Crippen molar-refractivity contribution in [1.29, 1.82) is 0 Å². The molecular formula is C10H14N4S. The normalized spacial score (nSPS) is 11.9. The first-order chi connectivity index (χ1) is 7.14. The van der Waals surface area contributed by atoms with Gasteiger partial charge in [-0.2, -0.15) is 5.10 Å². The minimum Gasteiger partial charge on any atom is -0.247 e. The van der Waals surface area contributed by atoms with Crippen molar-refractivity contribution >= 4 is 11.3 Å². The summed E-state index contributed by atoms with van der Waals surface area (Å²) in [6.45, 7) is 6.24. The molecule has 0 fully saturated rings. The Balaban J connectivity index is 2.37. The van der Waals surface area contributed by atoms with Gasteiger partial charge in [0.25, 0.3) is 0 Å². The summed E-state index contributed by atoms with van der Waals surface area (Å²) in [5, 5.41) is 6.48. The zero-order valence-corrected chi connectivity index (χ0v) is 9.95. The van der Waals surface area contributed by atoms with E-state index in [1.54, 1.807) is 17.7 Å². The van der Waals surface area contributed by atoms with Gasteiger partial charge in [0.1, 0.15) is 17.7 Å². The van der Waals surface area contributed by atoms with E-state index in [0.717, 1.165) is 17.9 Å². The van der Waals surface area contributed by atoms with Crippen molar-refractivity contribution < 1.29 is 0 Å². The topological polar surface area (TPSA) is 43.6 Å². The summed E-state index contributed by atoms with van der Waals surface area (Å²) in [7, 11) is 0. The fourth-order valence-electron chi connectivity index (χ4n) is 1.36. The molecule has 0 bridgehead atoms. The third-order valence-corrected chi connectivity index (χ3v) is 3.07. The average molecular weight is 222 g/mol. The zero-order chi connectivity index (χ0) is 10.9. The molecule has 0 spiro atoms. The predicted octanol–water partition coefficient (Wildman–Crippen LogP) is 2.08. The van der Waals surface area contributed by atoms with Crippen LogP contribution >= 0.6 is 11.3 Å². The van der Waals surface area contributed by atoms with Gasteiger partial charge in [-0.3, -0.25) is 0 Å². The van der Waals surface area contributed by atoms with E-state index in [2.05, 4.69) is 35.8 Å². The van der Waals surface area contributed by atoms with E-state index in [1.165, 1.54) is 0 Å². The lowest BCUT2D eigenvalue weighted by molar-refractivity contribution is 0.378. The predicted molar refractivity (Wildman–Crippen MR) is 59.9 cm³/mol. The molecule has 0 unspecified atom stereocenters. The molecule has 2 rings (SSSR count). The molecule has 15 heavy (non-hydrogen) atoms. The summed E-state index contributed by atoms with van der Waals surface area (Å²) >= 11 is 1.60. The van der Waals surface area contributed by atoms with Crippen LogP contribution in [0.3, 0.4) is 0 Å². The number of rotatable bonds is 3. The molecule has 2 heterocycles. The van der Waals surface area contributed by atoms with Gasteiger partial charge >= 0.3 is 0 Å². The summed E-state index contributed by atoms with van der Waals surface area (Å²) in [4.78, 5) is 8.57. The maximum Gasteiger partial charge on any atom is 0.150 e. The maximum atomic E-state index is 4.43.